The van der Waals surface area contributed by atoms with Gasteiger partial charge in [0.1, 0.15) is 18.0 Å². The number of hydrogen-bond acceptors (Lipinski definition) is 6. The lowest BCUT2D eigenvalue weighted by Crippen LogP contribution is -2.51. The molecule has 6 heteroatoms. The van der Waals surface area contributed by atoms with Gasteiger partial charge in [0.2, 0.25) is 0 Å². The van der Waals surface area contributed by atoms with Gasteiger partial charge >= 0.3 is 0 Å². The summed E-state index contributed by atoms with van der Waals surface area (Å²) in [6.45, 7) is 1.55. The molecule has 4 atom stereocenters. The summed E-state index contributed by atoms with van der Waals surface area (Å²) >= 11 is 0. The average molecular weight is 279 g/mol. The summed E-state index contributed by atoms with van der Waals surface area (Å²) in [5.74, 6) is 0.649. The van der Waals surface area contributed by atoms with Gasteiger partial charge < -0.3 is 26.0 Å². The van der Waals surface area contributed by atoms with E-state index in [1.807, 2.05) is 18.2 Å². The van der Waals surface area contributed by atoms with Crippen LogP contribution in [0, 0.1) is 5.41 Å². The van der Waals surface area contributed by atoms with Gasteiger partial charge in [-0.3, -0.25) is 0 Å². The van der Waals surface area contributed by atoms with Crippen molar-refractivity contribution in [3.8, 4) is 0 Å². The van der Waals surface area contributed by atoms with Crippen molar-refractivity contribution in [1.82, 2.24) is 10.3 Å². The maximum absolute atomic E-state index is 10.4. The van der Waals surface area contributed by atoms with Crippen LogP contribution in [0.2, 0.25) is 0 Å². The molecule has 1 saturated carbocycles. The molecule has 1 aliphatic carbocycles. The first kappa shape index (κ1) is 13.8. The molecule has 1 aliphatic heterocycles. The Labute approximate surface area is 117 Å². The van der Waals surface area contributed by atoms with E-state index >= 15 is 0 Å². The maximum Gasteiger partial charge on any atom is 0.126 e. The molecule has 2 heterocycles. The fraction of sp³-hybridized carbons (Fsp3) is 0.643. The lowest BCUT2D eigenvalue weighted by Gasteiger charge is -2.42. The van der Waals surface area contributed by atoms with E-state index in [4.69, 9.17) is 0 Å². The molecule has 1 aromatic heterocycles. The van der Waals surface area contributed by atoms with Crippen LogP contribution in [0.15, 0.2) is 24.4 Å². The smallest absolute Gasteiger partial charge is 0.126 e. The van der Waals surface area contributed by atoms with Crippen LogP contribution >= 0.6 is 0 Å². The number of hydrogen-bond donors (Lipinski definition) is 5. The van der Waals surface area contributed by atoms with Crippen LogP contribution in [-0.4, -0.2) is 57.7 Å². The van der Waals surface area contributed by atoms with Gasteiger partial charge in [-0.15, -0.1) is 0 Å². The van der Waals surface area contributed by atoms with Crippen LogP contribution in [0.1, 0.15) is 12.8 Å². The van der Waals surface area contributed by atoms with Crippen LogP contribution < -0.4 is 10.6 Å². The number of nitrogens with one attached hydrogen (secondary N) is 2. The number of nitrogens with zero attached hydrogens (tertiary/aromatic N) is 1. The van der Waals surface area contributed by atoms with Crippen molar-refractivity contribution < 1.29 is 15.3 Å². The number of piperidine rings is 1. The highest BCUT2D eigenvalue weighted by molar-refractivity contribution is 5.38. The normalized spacial score (nSPS) is 36.1. The molecule has 5 N–H and O–H groups in total. The van der Waals surface area contributed by atoms with Crippen molar-refractivity contribution in [3.63, 3.8) is 0 Å². The monoisotopic (exact) mass is 279 g/mol. The Morgan fingerprint density at radius 2 is 1.90 bits per heavy atom. The van der Waals surface area contributed by atoms with E-state index in [9.17, 15) is 15.3 Å². The molecule has 2 aliphatic rings. The van der Waals surface area contributed by atoms with Gasteiger partial charge in [-0.1, -0.05) is 6.07 Å². The average Bonchev–Trinajstić information content (AvgIpc) is 2.66. The highest BCUT2D eigenvalue weighted by Crippen LogP contribution is 2.46. The topological polar surface area (TPSA) is 97.6 Å². The van der Waals surface area contributed by atoms with Gasteiger partial charge in [-0.2, -0.15) is 0 Å². The Morgan fingerprint density at radius 3 is 2.55 bits per heavy atom. The van der Waals surface area contributed by atoms with E-state index in [-0.39, 0.29) is 0 Å². The molecule has 0 unspecified atom stereocenters. The Bertz CT molecular complexity index is 450. The molecule has 20 heavy (non-hydrogen) atoms. The zero-order valence-electron chi connectivity index (χ0n) is 11.2. The van der Waals surface area contributed by atoms with E-state index in [2.05, 4.69) is 15.6 Å². The third kappa shape index (κ3) is 2.09. The van der Waals surface area contributed by atoms with E-state index in [1.165, 1.54) is 0 Å². The molecule has 0 radical (unpaired) electrons. The highest BCUT2D eigenvalue weighted by Gasteiger charge is 2.59. The summed E-state index contributed by atoms with van der Waals surface area (Å²) in [7, 11) is 0. The fourth-order valence-corrected chi connectivity index (χ4v) is 3.58. The number of rotatable bonds is 2. The molecule has 110 valence electrons. The maximum atomic E-state index is 10.4. The van der Waals surface area contributed by atoms with Crippen LogP contribution in [0.3, 0.4) is 0 Å². The van der Waals surface area contributed by atoms with Crippen molar-refractivity contribution in [2.24, 2.45) is 5.41 Å². The lowest BCUT2D eigenvalue weighted by atomic mass is 9.72. The molecule has 3 rings (SSSR count). The second-order valence-corrected chi connectivity index (χ2v) is 5.75. The molecule has 0 bridgehead atoms. The summed E-state index contributed by atoms with van der Waals surface area (Å²) in [5.41, 5.74) is -0.512. The zero-order chi connectivity index (χ0) is 14.2. The molecule has 2 fully saturated rings. The predicted octanol–water partition coefficient (Wildman–Crippen LogP) is -0.672. The van der Waals surface area contributed by atoms with Crippen LogP contribution in [0.25, 0.3) is 0 Å². The number of aliphatic hydroxyl groups excluding tert-OH is 3. The first-order chi connectivity index (χ1) is 9.65. The van der Waals surface area contributed by atoms with Crippen molar-refractivity contribution in [2.45, 2.75) is 37.2 Å². The van der Waals surface area contributed by atoms with Gasteiger partial charge in [0.05, 0.1) is 12.1 Å². The standard InChI is InChI=1S/C14H21N3O3/c18-10-11(19)13(20)14(4-7-15-8-5-14)12(10)17-9-3-1-2-6-16-9/h1-3,6,10-13,15,18-20H,4-5,7-8H2,(H,16,17)/t10-,11+,12+,13-/m0/s1. The molecule has 0 amide bonds. The molecular weight excluding hydrogens is 258 g/mol. The Hall–Kier alpha value is -1.21. The van der Waals surface area contributed by atoms with Crippen molar-refractivity contribution in [1.29, 1.82) is 0 Å². The van der Waals surface area contributed by atoms with Crippen LogP contribution in [0.4, 0.5) is 5.82 Å². The van der Waals surface area contributed by atoms with Gasteiger partial charge in [-0.05, 0) is 38.1 Å². The Kier molecular flexibility index (Phi) is 3.64. The molecule has 0 aromatic carbocycles. The number of pyridine rings is 1. The Morgan fingerprint density at radius 1 is 1.15 bits per heavy atom. The third-order valence-corrected chi connectivity index (χ3v) is 4.73. The molecule has 1 spiro atoms. The quantitative estimate of drug-likeness (QED) is 0.492. The van der Waals surface area contributed by atoms with E-state index in [0.717, 1.165) is 13.1 Å². The van der Waals surface area contributed by atoms with Crippen molar-refractivity contribution in [3.05, 3.63) is 24.4 Å². The largest absolute Gasteiger partial charge is 0.390 e. The molecular formula is C14H21N3O3. The van der Waals surface area contributed by atoms with Crippen LogP contribution in [-0.2, 0) is 0 Å². The molecule has 1 aromatic rings. The fourth-order valence-electron chi connectivity index (χ4n) is 3.58. The summed E-state index contributed by atoms with van der Waals surface area (Å²) in [4.78, 5) is 4.20. The molecule has 6 nitrogen and oxygen atoms in total. The van der Waals surface area contributed by atoms with E-state index in [0.29, 0.717) is 18.7 Å². The summed E-state index contributed by atoms with van der Waals surface area (Å²) in [6.07, 6.45) is 0.0748. The summed E-state index contributed by atoms with van der Waals surface area (Å²) in [6, 6.07) is 5.10. The van der Waals surface area contributed by atoms with Gasteiger partial charge in [0.15, 0.2) is 0 Å². The first-order valence-electron chi connectivity index (χ1n) is 7.08. The summed E-state index contributed by atoms with van der Waals surface area (Å²) < 4.78 is 0. The van der Waals surface area contributed by atoms with Crippen molar-refractivity contribution in [2.75, 3.05) is 18.4 Å². The highest BCUT2D eigenvalue weighted by atomic mass is 16.4. The number of aliphatic hydroxyl groups is 3. The predicted molar refractivity (Wildman–Crippen MR) is 74.2 cm³/mol. The SMILES string of the molecule is O[C@@H]1[C@H](O)[C@@H](Nc2ccccn2)C2(CCNCC2)[C@H]1O. The Balaban J connectivity index is 1.89. The number of anilines is 1. The third-order valence-electron chi connectivity index (χ3n) is 4.73. The molecule has 1 saturated heterocycles. The summed E-state index contributed by atoms with van der Waals surface area (Å²) in [5, 5.41) is 37.2. The second-order valence-electron chi connectivity index (χ2n) is 5.75. The van der Waals surface area contributed by atoms with Crippen LogP contribution in [0.5, 0.6) is 0 Å². The minimum Gasteiger partial charge on any atom is -0.390 e. The van der Waals surface area contributed by atoms with Crippen molar-refractivity contribution >= 4 is 5.82 Å². The number of aromatic nitrogens is 1. The lowest BCUT2D eigenvalue weighted by molar-refractivity contribution is -0.0515. The van der Waals surface area contributed by atoms with E-state index in [1.54, 1.807) is 6.20 Å². The van der Waals surface area contributed by atoms with Gasteiger partial charge in [0, 0.05) is 11.6 Å². The first-order valence-corrected chi connectivity index (χ1v) is 7.08. The zero-order valence-corrected chi connectivity index (χ0v) is 11.2. The van der Waals surface area contributed by atoms with Gasteiger partial charge in [-0.25, -0.2) is 4.98 Å². The minimum absolute atomic E-state index is 0.399. The minimum atomic E-state index is -1.12. The second kappa shape index (κ2) is 5.29. The van der Waals surface area contributed by atoms with Gasteiger partial charge in [0.25, 0.3) is 0 Å². The van der Waals surface area contributed by atoms with E-state index < -0.39 is 29.8 Å².